The number of nitrogens with zero attached hydrogens (tertiary/aromatic N) is 2. The van der Waals surface area contributed by atoms with Gasteiger partial charge >= 0.3 is 0 Å². The summed E-state index contributed by atoms with van der Waals surface area (Å²) in [6.45, 7) is 0. The van der Waals surface area contributed by atoms with Crippen LogP contribution < -0.4 is 19.3 Å². The van der Waals surface area contributed by atoms with Crippen LogP contribution in [0.4, 0.5) is 11.4 Å². The lowest BCUT2D eigenvalue weighted by atomic mass is 10.0. The van der Waals surface area contributed by atoms with Crippen molar-refractivity contribution in [3.8, 4) is 11.5 Å². The van der Waals surface area contributed by atoms with Gasteiger partial charge in [-0.25, -0.2) is 0 Å². The number of hydrogen-bond donors (Lipinski definition) is 0. The zero-order valence-corrected chi connectivity index (χ0v) is 17.8. The molecule has 2 aliphatic heterocycles. The molecule has 2 aliphatic rings. The minimum atomic E-state index is -0.615. The largest absolute Gasteiger partial charge is 0.493 e. The van der Waals surface area contributed by atoms with Crippen molar-refractivity contribution < 1.29 is 19.1 Å². The molecule has 0 aromatic heterocycles. The summed E-state index contributed by atoms with van der Waals surface area (Å²) in [6.07, 6.45) is -0.615. The van der Waals surface area contributed by atoms with Crippen LogP contribution in [0.3, 0.4) is 0 Å². The van der Waals surface area contributed by atoms with Crippen LogP contribution in [0.5, 0.6) is 11.5 Å². The first kappa shape index (κ1) is 18.7. The number of rotatable bonds is 3. The first-order chi connectivity index (χ1) is 14.6. The van der Waals surface area contributed by atoms with Gasteiger partial charge < -0.3 is 9.47 Å². The first-order valence-electron chi connectivity index (χ1n) is 9.33. The molecule has 2 heterocycles. The Balaban J connectivity index is 1.80. The van der Waals surface area contributed by atoms with Crippen molar-refractivity contribution in [1.82, 2.24) is 0 Å². The maximum atomic E-state index is 13.6. The number of amides is 2. The number of ether oxygens (including phenoxy) is 2. The van der Waals surface area contributed by atoms with E-state index in [9.17, 15) is 9.59 Å². The van der Waals surface area contributed by atoms with E-state index in [1.807, 2.05) is 36.4 Å². The molecule has 2 amide bonds. The molecule has 0 aliphatic carbocycles. The van der Waals surface area contributed by atoms with Crippen molar-refractivity contribution in [3.63, 3.8) is 0 Å². The molecular weight excluding hydrogens is 448 g/mol. The molecule has 5 rings (SSSR count). The fraction of sp³-hybridized carbons (Fsp3) is 0.130. The molecule has 150 valence electrons. The van der Waals surface area contributed by atoms with Gasteiger partial charge in [-0.2, -0.15) is 0 Å². The van der Waals surface area contributed by atoms with Gasteiger partial charge in [0.2, 0.25) is 0 Å². The molecule has 30 heavy (non-hydrogen) atoms. The van der Waals surface area contributed by atoms with E-state index in [4.69, 9.17) is 9.47 Å². The second-order valence-electron chi connectivity index (χ2n) is 6.98. The third-order valence-corrected chi connectivity index (χ3v) is 6.02. The van der Waals surface area contributed by atoms with Crippen LogP contribution in [0.1, 0.15) is 32.4 Å². The first-order valence-corrected chi connectivity index (χ1v) is 10.1. The lowest BCUT2D eigenvalue weighted by Gasteiger charge is -2.40. The average molecular weight is 465 g/mol. The summed E-state index contributed by atoms with van der Waals surface area (Å²) >= 11 is 3.44. The summed E-state index contributed by atoms with van der Waals surface area (Å²) < 4.78 is 11.8. The number of para-hydroxylation sites is 1. The Hall–Kier alpha value is -3.32. The number of carbonyl (C=O) groups is 2. The van der Waals surface area contributed by atoms with Gasteiger partial charge in [-0.05, 0) is 42.5 Å². The van der Waals surface area contributed by atoms with E-state index in [2.05, 4.69) is 15.9 Å². The number of benzene rings is 3. The Kier molecular flexibility index (Phi) is 4.29. The van der Waals surface area contributed by atoms with Gasteiger partial charge in [-0.15, -0.1) is 0 Å². The number of hydrogen-bond acceptors (Lipinski definition) is 4. The van der Waals surface area contributed by atoms with E-state index in [-0.39, 0.29) is 11.8 Å². The molecule has 0 saturated heterocycles. The van der Waals surface area contributed by atoms with E-state index in [1.54, 1.807) is 34.1 Å². The Morgan fingerprint density at radius 1 is 0.833 bits per heavy atom. The summed E-state index contributed by atoms with van der Waals surface area (Å²) in [5, 5.41) is 0. The predicted molar refractivity (Wildman–Crippen MR) is 116 cm³/mol. The van der Waals surface area contributed by atoms with Crippen molar-refractivity contribution in [3.05, 3.63) is 81.8 Å². The predicted octanol–water partition coefficient (Wildman–Crippen LogP) is 4.79. The zero-order valence-electron chi connectivity index (χ0n) is 16.3. The fourth-order valence-corrected chi connectivity index (χ4v) is 4.47. The van der Waals surface area contributed by atoms with Crippen molar-refractivity contribution in [2.45, 2.75) is 6.17 Å². The number of carbonyl (C=O) groups excluding carboxylic acids is 2. The Morgan fingerprint density at radius 3 is 2.27 bits per heavy atom. The monoisotopic (exact) mass is 464 g/mol. The second kappa shape index (κ2) is 6.88. The maximum Gasteiger partial charge on any atom is 0.264 e. The molecular formula is C23H17BrN2O4. The van der Waals surface area contributed by atoms with Crippen LogP contribution in [-0.4, -0.2) is 26.0 Å². The normalized spacial score (nSPS) is 16.8. The maximum absolute atomic E-state index is 13.6. The van der Waals surface area contributed by atoms with Gasteiger partial charge in [0.1, 0.15) is 6.17 Å². The molecule has 0 saturated carbocycles. The minimum absolute atomic E-state index is 0.162. The highest BCUT2D eigenvalue weighted by Crippen LogP contribution is 2.50. The molecule has 1 unspecified atom stereocenters. The van der Waals surface area contributed by atoms with Gasteiger partial charge in [0.15, 0.2) is 11.5 Å². The Labute approximate surface area is 181 Å². The van der Waals surface area contributed by atoms with Crippen LogP contribution in [-0.2, 0) is 0 Å². The number of fused-ring (bicyclic) bond motifs is 5. The molecule has 1 atom stereocenters. The van der Waals surface area contributed by atoms with E-state index < -0.39 is 6.17 Å². The molecule has 0 N–H and O–H groups in total. The van der Waals surface area contributed by atoms with Crippen LogP contribution in [0.2, 0.25) is 0 Å². The van der Waals surface area contributed by atoms with Crippen LogP contribution >= 0.6 is 15.9 Å². The SMILES string of the molecule is COc1ccc2c(c1OC)C(=O)N1c3ccccc3C(=O)N(c3ccc(Br)cc3)C21. The lowest BCUT2D eigenvalue weighted by molar-refractivity contribution is 0.0948. The number of halogens is 1. The summed E-state index contributed by atoms with van der Waals surface area (Å²) in [6, 6.07) is 18.2. The molecule has 3 aromatic rings. The molecule has 6 nitrogen and oxygen atoms in total. The summed E-state index contributed by atoms with van der Waals surface area (Å²) in [4.78, 5) is 30.5. The third-order valence-electron chi connectivity index (χ3n) is 5.50. The molecule has 7 heteroatoms. The quantitative estimate of drug-likeness (QED) is 0.559. The summed E-state index contributed by atoms with van der Waals surface area (Å²) in [5.74, 6) is 0.451. The summed E-state index contributed by atoms with van der Waals surface area (Å²) in [7, 11) is 3.04. The molecule has 0 bridgehead atoms. The van der Waals surface area contributed by atoms with Crippen LogP contribution in [0.15, 0.2) is 65.1 Å². The van der Waals surface area contributed by atoms with Crippen molar-refractivity contribution in [2.24, 2.45) is 0 Å². The minimum Gasteiger partial charge on any atom is -0.493 e. The van der Waals surface area contributed by atoms with Crippen molar-refractivity contribution in [2.75, 3.05) is 24.0 Å². The second-order valence-corrected chi connectivity index (χ2v) is 7.90. The third kappa shape index (κ3) is 2.48. The highest BCUT2D eigenvalue weighted by Gasteiger charge is 2.50. The van der Waals surface area contributed by atoms with E-state index in [1.165, 1.54) is 14.2 Å². The topological polar surface area (TPSA) is 59.1 Å². The van der Waals surface area contributed by atoms with E-state index >= 15 is 0 Å². The van der Waals surface area contributed by atoms with E-state index in [0.717, 1.165) is 4.47 Å². The van der Waals surface area contributed by atoms with Gasteiger partial charge in [0.25, 0.3) is 11.8 Å². The summed E-state index contributed by atoms with van der Waals surface area (Å²) in [5.41, 5.74) is 2.87. The Bertz CT molecular complexity index is 1190. The number of anilines is 2. The van der Waals surface area contributed by atoms with Crippen molar-refractivity contribution >= 4 is 39.1 Å². The van der Waals surface area contributed by atoms with Crippen LogP contribution in [0.25, 0.3) is 0 Å². The lowest BCUT2D eigenvalue weighted by Crippen LogP contribution is -2.48. The van der Waals surface area contributed by atoms with Crippen molar-refractivity contribution in [1.29, 1.82) is 0 Å². The molecule has 0 fully saturated rings. The average Bonchev–Trinajstić information content (AvgIpc) is 3.07. The molecule has 0 radical (unpaired) electrons. The van der Waals surface area contributed by atoms with Gasteiger partial charge in [-0.3, -0.25) is 19.4 Å². The molecule has 3 aromatic carbocycles. The fourth-order valence-electron chi connectivity index (χ4n) is 4.21. The van der Waals surface area contributed by atoms with Crippen LogP contribution in [0, 0.1) is 0 Å². The van der Waals surface area contributed by atoms with E-state index in [0.29, 0.717) is 39.6 Å². The highest BCUT2D eigenvalue weighted by atomic mass is 79.9. The zero-order chi connectivity index (χ0) is 21.0. The van der Waals surface area contributed by atoms with Gasteiger partial charge in [-0.1, -0.05) is 34.1 Å². The molecule has 0 spiro atoms. The van der Waals surface area contributed by atoms with Gasteiger partial charge in [0.05, 0.1) is 31.0 Å². The smallest absolute Gasteiger partial charge is 0.264 e. The Morgan fingerprint density at radius 2 is 1.57 bits per heavy atom. The van der Waals surface area contributed by atoms with Gasteiger partial charge in [0, 0.05) is 15.7 Å². The number of methoxy groups -OCH3 is 2. The highest BCUT2D eigenvalue weighted by molar-refractivity contribution is 9.10. The standard InChI is InChI=1S/C23H17BrN2O4/c1-29-18-12-11-16-19(20(18)30-2)23(28)26-17-6-4-3-5-15(17)22(27)25(21(16)26)14-9-7-13(24)8-10-14/h3-12,21H,1-2H3.